The summed E-state index contributed by atoms with van der Waals surface area (Å²) >= 11 is 6.59. The lowest BCUT2D eigenvalue weighted by atomic mass is 10.0. The summed E-state index contributed by atoms with van der Waals surface area (Å²) in [4.78, 5) is 33.9. The average Bonchev–Trinajstić information content (AvgIpc) is 2.90. The van der Waals surface area contributed by atoms with E-state index in [1.807, 2.05) is 44.2 Å². The highest BCUT2D eigenvalue weighted by Gasteiger charge is 2.31. The molecule has 8 nitrogen and oxygen atoms in total. The number of fused-ring (bicyclic) bond motifs is 1. The van der Waals surface area contributed by atoms with Gasteiger partial charge in [-0.15, -0.1) is 0 Å². The number of pyridine rings is 1. The first-order chi connectivity index (χ1) is 17.4. The van der Waals surface area contributed by atoms with E-state index in [4.69, 9.17) is 31.8 Å². The first-order valence-electron chi connectivity index (χ1n) is 12.1. The average molecular weight is 511 g/mol. The van der Waals surface area contributed by atoms with Crippen molar-refractivity contribution >= 4 is 34.5 Å². The van der Waals surface area contributed by atoms with Gasteiger partial charge in [-0.1, -0.05) is 24.6 Å². The van der Waals surface area contributed by atoms with Gasteiger partial charge in [0.2, 0.25) is 0 Å². The van der Waals surface area contributed by atoms with Crippen LogP contribution in [0.4, 0.5) is 4.79 Å². The second kappa shape index (κ2) is 11.1. The number of hydrogen-bond donors (Lipinski definition) is 1. The van der Waals surface area contributed by atoms with E-state index in [0.29, 0.717) is 60.3 Å². The zero-order chi connectivity index (χ0) is 25.8. The molecular formula is C27H31ClN4O4. The standard InChI is InChI=1S/C27H31ClN4O4/c1-4-11-36-27(34)32-10-9-31(16-17(32)2)26(33)19-5-7-21-22(28)14-23(30-24(21)13-19)18-6-8-25(35-3)20(12-18)15-29/h5-8,12-14,17H,4,9-11,15-16,29H2,1-3H3/t17-/m0/s1. The van der Waals surface area contributed by atoms with Gasteiger partial charge in [0.05, 0.1) is 29.9 Å². The number of nitrogens with zero attached hydrogens (tertiary/aromatic N) is 3. The number of methoxy groups -OCH3 is 1. The third-order valence-corrected chi connectivity index (χ3v) is 6.69. The molecule has 2 amide bonds. The Balaban J connectivity index is 1.58. The number of piperazine rings is 1. The molecule has 1 aliphatic rings. The summed E-state index contributed by atoms with van der Waals surface area (Å²) in [5, 5.41) is 1.31. The Hall–Kier alpha value is -3.36. The number of carbonyl (C=O) groups is 2. The predicted molar refractivity (Wildman–Crippen MR) is 140 cm³/mol. The van der Waals surface area contributed by atoms with Crippen LogP contribution in [0.2, 0.25) is 5.02 Å². The minimum absolute atomic E-state index is 0.108. The van der Waals surface area contributed by atoms with Gasteiger partial charge in [-0.05, 0) is 49.7 Å². The van der Waals surface area contributed by atoms with E-state index in [2.05, 4.69) is 0 Å². The van der Waals surface area contributed by atoms with Crippen molar-refractivity contribution in [2.24, 2.45) is 5.73 Å². The molecule has 0 aliphatic carbocycles. The molecule has 1 atom stereocenters. The van der Waals surface area contributed by atoms with Gasteiger partial charge in [0.25, 0.3) is 5.91 Å². The molecular weight excluding hydrogens is 480 g/mol. The second-order valence-electron chi connectivity index (χ2n) is 8.86. The molecule has 190 valence electrons. The second-order valence-corrected chi connectivity index (χ2v) is 9.27. The van der Waals surface area contributed by atoms with Crippen molar-refractivity contribution < 1.29 is 19.1 Å². The lowest BCUT2D eigenvalue weighted by molar-refractivity contribution is 0.0412. The molecule has 36 heavy (non-hydrogen) atoms. The lowest BCUT2D eigenvalue weighted by Gasteiger charge is -2.39. The highest BCUT2D eigenvalue weighted by Crippen LogP contribution is 2.31. The van der Waals surface area contributed by atoms with Crippen LogP contribution in [0.25, 0.3) is 22.2 Å². The number of amides is 2. The van der Waals surface area contributed by atoms with Crippen molar-refractivity contribution in [3.8, 4) is 17.0 Å². The number of hydrogen-bond acceptors (Lipinski definition) is 6. The van der Waals surface area contributed by atoms with Gasteiger partial charge >= 0.3 is 6.09 Å². The summed E-state index contributed by atoms with van der Waals surface area (Å²) < 4.78 is 10.6. The fraction of sp³-hybridized carbons (Fsp3) is 0.370. The fourth-order valence-corrected chi connectivity index (χ4v) is 4.70. The number of benzene rings is 2. The van der Waals surface area contributed by atoms with E-state index in [-0.39, 0.29) is 18.0 Å². The van der Waals surface area contributed by atoms with E-state index >= 15 is 0 Å². The van der Waals surface area contributed by atoms with Gasteiger partial charge < -0.3 is 25.0 Å². The Bertz CT molecular complexity index is 1280. The number of carbonyl (C=O) groups excluding carboxylic acids is 2. The third kappa shape index (κ3) is 5.24. The van der Waals surface area contributed by atoms with Crippen LogP contribution in [0.5, 0.6) is 5.75 Å². The number of nitrogens with two attached hydrogens (primary N) is 1. The number of aromatic nitrogens is 1. The molecule has 2 N–H and O–H groups in total. The summed E-state index contributed by atoms with van der Waals surface area (Å²) in [5.41, 5.74) is 9.43. The SMILES string of the molecule is CCCOC(=O)N1CCN(C(=O)c2ccc3c(Cl)cc(-c4ccc(OC)c(CN)c4)nc3c2)C[C@@H]1C. The minimum Gasteiger partial charge on any atom is -0.496 e. The first kappa shape index (κ1) is 25.7. The largest absolute Gasteiger partial charge is 0.496 e. The molecule has 9 heteroatoms. The van der Waals surface area contributed by atoms with Crippen molar-refractivity contribution in [1.82, 2.24) is 14.8 Å². The van der Waals surface area contributed by atoms with Crippen molar-refractivity contribution in [2.75, 3.05) is 33.4 Å². The molecule has 0 spiro atoms. The molecule has 1 aliphatic heterocycles. The maximum atomic E-state index is 13.3. The lowest BCUT2D eigenvalue weighted by Crippen LogP contribution is -2.55. The number of halogens is 1. The van der Waals surface area contributed by atoms with Crippen molar-refractivity contribution in [2.45, 2.75) is 32.9 Å². The van der Waals surface area contributed by atoms with Crippen molar-refractivity contribution in [3.05, 3.63) is 58.6 Å². The van der Waals surface area contributed by atoms with Crippen molar-refractivity contribution in [1.29, 1.82) is 0 Å². The smallest absolute Gasteiger partial charge is 0.410 e. The molecule has 0 unspecified atom stereocenters. The van der Waals surface area contributed by atoms with E-state index < -0.39 is 0 Å². The Morgan fingerprint density at radius 2 is 1.97 bits per heavy atom. The van der Waals surface area contributed by atoms with Crippen molar-refractivity contribution in [3.63, 3.8) is 0 Å². The van der Waals surface area contributed by atoms with Crippen LogP contribution in [-0.4, -0.2) is 66.2 Å². The molecule has 1 aromatic heterocycles. The van der Waals surface area contributed by atoms with E-state index in [1.165, 1.54) is 0 Å². The quantitative estimate of drug-likeness (QED) is 0.515. The highest BCUT2D eigenvalue weighted by molar-refractivity contribution is 6.35. The topological polar surface area (TPSA) is 98.0 Å². The summed E-state index contributed by atoms with van der Waals surface area (Å²) in [6.45, 7) is 5.90. The number of ether oxygens (including phenoxy) is 2. The van der Waals surface area contributed by atoms with Gasteiger partial charge in [0.15, 0.2) is 0 Å². The molecule has 0 saturated carbocycles. The van der Waals surface area contributed by atoms with Crippen LogP contribution in [-0.2, 0) is 11.3 Å². The Morgan fingerprint density at radius 1 is 1.17 bits per heavy atom. The first-order valence-corrected chi connectivity index (χ1v) is 12.4. The molecule has 0 bridgehead atoms. The van der Waals surface area contributed by atoms with Gasteiger partial charge in [-0.3, -0.25) is 4.79 Å². The maximum Gasteiger partial charge on any atom is 0.410 e. The third-order valence-electron chi connectivity index (χ3n) is 6.38. The number of rotatable bonds is 6. The molecule has 3 aromatic rings. The Labute approximate surface area is 215 Å². The van der Waals surface area contributed by atoms with Crippen LogP contribution >= 0.6 is 11.6 Å². The Morgan fingerprint density at radius 3 is 2.67 bits per heavy atom. The predicted octanol–water partition coefficient (Wildman–Crippen LogP) is 4.72. The van der Waals surface area contributed by atoms with Crippen LogP contribution in [0.15, 0.2) is 42.5 Å². The van der Waals surface area contributed by atoms with E-state index in [0.717, 1.165) is 22.9 Å². The molecule has 2 aromatic carbocycles. The van der Waals surface area contributed by atoms with E-state index in [1.54, 1.807) is 29.0 Å². The highest BCUT2D eigenvalue weighted by atomic mass is 35.5. The fourth-order valence-electron chi connectivity index (χ4n) is 4.43. The zero-order valence-corrected chi connectivity index (χ0v) is 21.5. The minimum atomic E-state index is -0.329. The van der Waals surface area contributed by atoms with Crippen LogP contribution in [0.3, 0.4) is 0 Å². The summed E-state index contributed by atoms with van der Waals surface area (Å²) in [5.74, 6) is 0.609. The maximum absolute atomic E-state index is 13.3. The molecule has 2 heterocycles. The molecule has 1 fully saturated rings. The van der Waals surface area contributed by atoms with Gasteiger partial charge in [-0.25, -0.2) is 9.78 Å². The van der Waals surface area contributed by atoms with Gasteiger partial charge in [-0.2, -0.15) is 0 Å². The van der Waals surface area contributed by atoms with E-state index in [9.17, 15) is 9.59 Å². The summed E-state index contributed by atoms with van der Waals surface area (Å²) in [6, 6.07) is 12.7. The summed E-state index contributed by atoms with van der Waals surface area (Å²) in [6.07, 6.45) is 0.442. The van der Waals surface area contributed by atoms with Crippen LogP contribution < -0.4 is 10.5 Å². The van der Waals surface area contributed by atoms with Gasteiger partial charge in [0.1, 0.15) is 5.75 Å². The normalized spacial score (nSPS) is 15.8. The zero-order valence-electron chi connectivity index (χ0n) is 20.8. The van der Waals surface area contributed by atoms with Gasteiger partial charge in [0, 0.05) is 54.3 Å². The Kier molecular flexibility index (Phi) is 7.96. The molecule has 4 rings (SSSR count). The molecule has 0 radical (unpaired) electrons. The van der Waals surface area contributed by atoms with Crippen LogP contribution in [0, 0.1) is 0 Å². The monoisotopic (exact) mass is 510 g/mol. The summed E-state index contributed by atoms with van der Waals surface area (Å²) in [7, 11) is 1.61. The van der Waals surface area contributed by atoms with Crippen LogP contribution in [0.1, 0.15) is 36.2 Å². The molecule has 1 saturated heterocycles.